The van der Waals surface area contributed by atoms with E-state index in [1.54, 1.807) is 6.08 Å². The van der Waals surface area contributed by atoms with Crippen molar-refractivity contribution in [3.63, 3.8) is 0 Å². The smallest absolute Gasteiger partial charge is 0.223 e. The summed E-state index contributed by atoms with van der Waals surface area (Å²) in [5.74, 6) is -0.715. The maximum Gasteiger partial charge on any atom is 0.223 e. The van der Waals surface area contributed by atoms with Crippen molar-refractivity contribution in [3.05, 3.63) is 42.7 Å². The van der Waals surface area contributed by atoms with Gasteiger partial charge >= 0.3 is 0 Å². The quantitative estimate of drug-likeness (QED) is 0.797. The third-order valence-corrected chi connectivity index (χ3v) is 2.52. The molecule has 102 valence electrons. The summed E-state index contributed by atoms with van der Waals surface area (Å²) >= 11 is 0. The Morgan fingerprint density at radius 1 is 1.37 bits per heavy atom. The molecular weight excluding hydrogens is 247 g/mol. The van der Waals surface area contributed by atoms with E-state index in [1.165, 1.54) is 36.1 Å². The van der Waals surface area contributed by atoms with Gasteiger partial charge in [0.05, 0.1) is 0 Å². The van der Waals surface area contributed by atoms with Crippen molar-refractivity contribution in [2.75, 3.05) is 18.0 Å². The molecule has 0 saturated heterocycles. The molecule has 5 heteroatoms. The number of hydrogen-bond acceptors (Lipinski definition) is 2. The standard InChI is InChI=1S/C14H17FN2O2/c1-3-9-16-14(19)8-10-17(11(2)18)13-6-4-12(15)5-7-13/h3-7H,1,8-10H2,2H3,(H,16,19). The largest absolute Gasteiger partial charge is 0.353 e. The number of carbonyl (C=O) groups excluding carboxylic acids is 2. The van der Waals surface area contributed by atoms with Crippen LogP contribution in [0.25, 0.3) is 0 Å². The summed E-state index contributed by atoms with van der Waals surface area (Å²) in [6, 6.07) is 5.59. The second kappa shape index (κ2) is 7.31. The SMILES string of the molecule is C=CCNC(=O)CCN(C(C)=O)c1ccc(F)cc1. The van der Waals surface area contributed by atoms with Crippen molar-refractivity contribution in [2.24, 2.45) is 0 Å². The molecule has 0 heterocycles. The molecule has 0 aliphatic heterocycles. The number of carbonyl (C=O) groups is 2. The van der Waals surface area contributed by atoms with Gasteiger partial charge in [0.2, 0.25) is 11.8 Å². The van der Waals surface area contributed by atoms with Crippen LogP contribution in [0.1, 0.15) is 13.3 Å². The van der Waals surface area contributed by atoms with E-state index < -0.39 is 0 Å². The van der Waals surface area contributed by atoms with Crippen molar-refractivity contribution in [1.29, 1.82) is 0 Å². The van der Waals surface area contributed by atoms with E-state index in [9.17, 15) is 14.0 Å². The number of nitrogens with one attached hydrogen (secondary N) is 1. The van der Waals surface area contributed by atoms with Crippen molar-refractivity contribution in [3.8, 4) is 0 Å². The summed E-state index contributed by atoms with van der Waals surface area (Å²) in [5, 5.41) is 2.63. The average molecular weight is 264 g/mol. The predicted octanol–water partition coefficient (Wildman–Crippen LogP) is 1.87. The van der Waals surface area contributed by atoms with Gasteiger partial charge in [0.25, 0.3) is 0 Å². The molecule has 1 aromatic carbocycles. The van der Waals surface area contributed by atoms with Gasteiger partial charge in [-0.25, -0.2) is 4.39 Å². The van der Waals surface area contributed by atoms with Crippen LogP contribution in [0.5, 0.6) is 0 Å². The third kappa shape index (κ3) is 4.91. The summed E-state index contributed by atoms with van der Waals surface area (Å²) in [4.78, 5) is 24.4. The van der Waals surface area contributed by atoms with Gasteiger partial charge in [0, 0.05) is 32.1 Å². The topological polar surface area (TPSA) is 49.4 Å². The number of hydrogen-bond donors (Lipinski definition) is 1. The van der Waals surface area contributed by atoms with Crippen LogP contribution in [0.15, 0.2) is 36.9 Å². The zero-order chi connectivity index (χ0) is 14.3. The van der Waals surface area contributed by atoms with Crippen molar-refractivity contribution >= 4 is 17.5 Å². The van der Waals surface area contributed by atoms with Gasteiger partial charge in [-0.1, -0.05) is 6.08 Å². The van der Waals surface area contributed by atoms with E-state index in [0.717, 1.165) is 0 Å². The molecule has 0 radical (unpaired) electrons. The Balaban J connectivity index is 2.63. The predicted molar refractivity (Wildman–Crippen MR) is 72.3 cm³/mol. The van der Waals surface area contributed by atoms with Crippen molar-refractivity contribution < 1.29 is 14.0 Å². The molecule has 0 bridgehead atoms. The van der Waals surface area contributed by atoms with Gasteiger partial charge in [-0.15, -0.1) is 6.58 Å². The van der Waals surface area contributed by atoms with E-state index >= 15 is 0 Å². The van der Waals surface area contributed by atoms with Crippen LogP contribution < -0.4 is 10.2 Å². The van der Waals surface area contributed by atoms with E-state index in [0.29, 0.717) is 12.2 Å². The Hall–Kier alpha value is -2.17. The van der Waals surface area contributed by atoms with Crippen LogP contribution in [-0.2, 0) is 9.59 Å². The number of nitrogens with zero attached hydrogens (tertiary/aromatic N) is 1. The van der Waals surface area contributed by atoms with E-state index in [2.05, 4.69) is 11.9 Å². The summed E-state index contributed by atoms with van der Waals surface area (Å²) in [6.45, 7) is 5.56. The Morgan fingerprint density at radius 3 is 2.53 bits per heavy atom. The number of amides is 2. The maximum atomic E-state index is 12.8. The second-order valence-electron chi connectivity index (χ2n) is 3.99. The van der Waals surface area contributed by atoms with E-state index in [1.807, 2.05) is 0 Å². The Kier molecular flexibility index (Phi) is 5.73. The molecule has 0 aliphatic carbocycles. The van der Waals surface area contributed by atoms with Gasteiger partial charge in [-0.05, 0) is 24.3 Å². The summed E-state index contributed by atoms with van der Waals surface area (Å²) in [7, 11) is 0. The highest BCUT2D eigenvalue weighted by molar-refractivity contribution is 5.92. The number of rotatable bonds is 6. The lowest BCUT2D eigenvalue weighted by Gasteiger charge is -2.20. The monoisotopic (exact) mass is 264 g/mol. The first kappa shape index (κ1) is 14.9. The fraction of sp³-hybridized carbons (Fsp3) is 0.286. The van der Waals surface area contributed by atoms with Crippen LogP contribution >= 0.6 is 0 Å². The highest BCUT2D eigenvalue weighted by Crippen LogP contribution is 2.15. The first-order chi connectivity index (χ1) is 9.04. The van der Waals surface area contributed by atoms with E-state index in [4.69, 9.17) is 0 Å². The summed E-state index contributed by atoms with van der Waals surface area (Å²) in [6.07, 6.45) is 1.77. The Bertz CT molecular complexity index is 457. The average Bonchev–Trinajstić information content (AvgIpc) is 2.38. The first-order valence-corrected chi connectivity index (χ1v) is 5.96. The molecule has 0 unspecified atom stereocenters. The zero-order valence-electron chi connectivity index (χ0n) is 10.9. The minimum atomic E-state index is -0.365. The first-order valence-electron chi connectivity index (χ1n) is 5.96. The van der Waals surface area contributed by atoms with E-state index in [-0.39, 0.29) is 30.6 Å². The minimum absolute atomic E-state index is 0.159. The molecule has 19 heavy (non-hydrogen) atoms. The van der Waals surface area contributed by atoms with Crippen molar-refractivity contribution in [1.82, 2.24) is 5.32 Å². The van der Waals surface area contributed by atoms with Gasteiger partial charge in [0.15, 0.2) is 0 Å². The molecular formula is C14H17FN2O2. The molecule has 4 nitrogen and oxygen atoms in total. The highest BCUT2D eigenvalue weighted by atomic mass is 19.1. The highest BCUT2D eigenvalue weighted by Gasteiger charge is 2.13. The Labute approximate surface area is 111 Å². The molecule has 0 atom stereocenters. The normalized spacial score (nSPS) is 9.79. The van der Waals surface area contributed by atoms with Crippen molar-refractivity contribution in [2.45, 2.75) is 13.3 Å². The van der Waals surface area contributed by atoms with Gasteiger partial charge < -0.3 is 10.2 Å². The zero-order valence-corrected chi connectivity index (χ0v) is 10.9. The number of halogens is 1. The molecule has 0 aliphatic rings. The third-order valence-electron chi connectivity index (χ3n) is 2.52. The van der Waals surface area contributed by atoms with Crippen LogP contribution in [0.3, 0.4) is 0 Å². The Morgan fingerprint density at radius 2 is 2.00 bits per heavy atom. The van der Waals surface area contributed by atoms with Gasteiger partial charge in [-0.3, -0.25) is 9.59 Å². The molecule has 1 aromatic rings. The fourth-order valence-corrected chi connectivity index (χ4v) is 1.58. The maximum absolute atomic E-state index is 12.8. The lowest BCUT2D eigenvalue weighted by Crippen LogP contribution is -2.33. The molecule has 0 aromatic heterocycles. The molecule has 0 spiro atoms. The summed E-state index contributed by atoms with van der Waals surface area (Å²) < 4.78 is 12.8. The van der Waals surface area contributed by atoms with Gasteiger partial charge in [0.1, 0.15) is 5.82 Å². The van der Waals surface area contributed by atoms with Crippen LogP contribution in [0, 0.1) is 5.82 Å². The van der Waals surface area contributed by atoms with Gasteiger partial charge in [-0.2, -0.15) is 0 Å². The summed E-state index contributed by atoms with van der Waals surface area (Å²) in [5.41, 5.74) is 0.574. The fourth-order valence-electron chi connectivity index (χ4n) is 1.58. The molecule has 0 fully saturated rings. The lowest BCUT2D eigenvalue weighted by molar-refractivity contribution is -0.120. The number of benzene rings is 1. The minimum Gasteiger partial charge on any atom is -0.353 e. The lowest BCUT2D eigenvalue weighted by atomic mass is 10.2. The molecule has 1 rings (SSSR count). The van der Waals surface area contributed by atoms with Crippen LogP contribution in [0.2, 0.25) is 0 Å². The number of anilines is 1. The molecule has 2 amide bonds. The molecule has 1 N–H and O–H groups in total. The van der Waals surface area contributed by atoms with Crippen LogP contribution in [-0.4, -0.2) is 24.9 Å². The second-order valence-corrected chi connectivity index (χ2v) is 3.99. The van der Waals surface area contributed by atoms with Crippen LogP contribution in [0.4, 0.5) is 10.1 Å². The molecule has 0 saturated carbocycles.